The summed E-state index contributed by atoms with van der Waals surface area (Å²) in [4.78, 5) is 0.996. The molecule has 0 unspecified atom stereocenters. The summed E-state index contributed by atoms with van der Waals surface area (Å²) in [7, 11) is -3.49. The number of halogens is 1. The van der Waals surface area contributed by atoms with Crippen molar-refractivity contribution in [3.63, 3.8) is 0 Å². The van der Waals surface area contributed by atoms with Crippen LogP contribution in [0.2, 0.25) is 0 Å². The first kappa shape index (κ1) is 13.3. The number of benzene rings is 1. The number of thiophene rings is 1. The Morgan fingerprint density at radius 2 is 1.89 bits per heavy atom. The third-order valence-electron chi connectivity index (χ3n) is 2.36. The number of sulfone groups is 1. The predicted octanol–water partition coefficient (Wildman–Crippen LogP) is 4.07. The molecule has 1 aromatic heterocycles. The third kappa shape index (κ3) is 3.02. The van der Waals surface area contributed by atoms with Gasteiger partial charge >= 0.3 is 0 Å². The molecule has 0 atom stereocenters. The van der Waals surface area contributed by atoms with Crippen LogP contribution in [0.15, 0.2) is 52.1 Å². The van der Waals surface area contributed by atoms with Gasteiger partial charge in [-0.05, 0) is 30.5 Å². The molecule has 18 heavy (non-hydrogen) atoms. The zero-order chi connectivity index (χ0) is 13.2. The topological polar surface area (TPSA) is 34.1 Å². The van der Waals surface area contributed by atoms with Crippen LogP contribution in [0.25, 0.3) is 5.03 Å². The van der Waals surface area contributed by atoms with E-state index in [1.807, 2.05) is 18.4 Å². The van der Waals surface area contributed by atoms with E-state index < -0.39 is 9.84 Å². The lowest BCUT2D eigenvalue weighted by Crippen LogP contribution is -1.96. The quantitative estimate of drug-likeness (QED) is 0.856. The molecule has 0 spiro atoms. The van der Waals surface area contributed by atoms with Crippen LogP contribution in [-0.4, -0.2) is 8.42 Å². The maximum Gasteiger partial charge on any atom is 0.201 e. The first-order valence-corrected chi connectivity index (χ1v) is 8.02. The molecule has 0 aliphatic carbocycles. The van der Waals surface area contributed by atoms with Crippen molar-refractivity contribution in [2.75, 3.05) is 0 Å². The van der Waals surface area contributed by atoms with E-state index >= 15 is 0 Å². The van der Waals surface area contributed by atoms with Crippen molar-refractivity contribution in [1.82, 2.24) is 0 Å². The molecule has 0 N–H and O–H groups in total. The second-order valence-electron chi connectivity index (χ2n) is 3.80. The van der Waals surface area contributed by atoms with Crippen LogP contribution in [0.3, 0.4) is 0 Å². The Bertz CT molecular complexity index is 654. The lowest BCUT2D eigenvalue weighted by atomic mass is 10.2. The van der Waals surface area contributed by atoms with Gasteiger partial charge in [0.25, 0.3) is 0 Å². The molecular formula is C13H11ClO2S2. The second kappa shape index (κ2) is 5.26. The molecule has 94 valence electrons. The van der Waals surface area contributed by atoms with E-state index in [0.717, 1.165) is 15.8 Å². The van der Waals surface area contributed by atoms with E-state index in [1.54, 1.807) is 30.3 Å². The van der Waals surface area contributed by atoms with Gasteiger partial charge < -0.3 is 0 Å². The molecule has 2 rings (SSSR count). The maximum atomic E-state index is 12.1. The summed E-state index contributed by atoms with van der Waals surface area (Å²) in [5.74, 6) is 0. The van der Waals surface area contributed by atoms with Gasteiger partial charge in [-0.2, -0.15) is 0 Å². The Hall–Kier alpha value is -1.10. The first-order chi connectivity index (χ1) is 8.49. The highest BCUT2D eigenvalue weighted by Crippen LogP contribution is 2.26. The second-order valence-corrected chi connectivity index (χ2v) is 6.95. The van der Waals surface area contributed by atoms with E-state index in [2.05, 4.69) is 0 Å². The molecule has 0 fully saturated rings. The summed E-state index contributed by atoms with van der Waals surface area (Å²) in [6.45, 7) is 1.91. The minimum Gasteiger partial charge on any atom is -0.219 e. The number of aryl methyl sites for hydroxylation is 1. The van der Waals surface area contributed by atoms with Gasteiger partial charge in [0.1, 0.15) is 0 Å². The van der Waals surface area contributed by atoms with Crippen molar-refractivity contribution in [2.45, 2.75) is 11.8 Å². The van der Waals surface area contributed by atoms with E-state index in [-0.39, 0.29) is 9.93 Å². The van der Waals surface area contributed by atoms with Crippen LogP contribution in [0.4, 0.5) is 0 Å². The summed E-state index contributed by atoms with van der Waals surface area (Å²) < 4.78 is 24.2. The molecule has 5 heteroatoms. The Labute approximate surface area is 115 Å². The molecule has 0 aliphatic rings. The van der Waals surface area contributed by atoms with Crippen molar-refractivity contribution >= 4 is 37.8 Å². The van der Waals surface area contributed by atoms with E-state index in [1.165, 1.54) is 11.3 Å². The van der Waals surface area contributed by atoms with E-state index in [0.29, 0.717) is 0 Å². The molecule has 0 bridgehead atoms. The molecule has 2 nitrogen and oxygen atoms in total. The van der Waals surface area contributed by atoms with Crippen molar-refractivity contribution in [3.8, 4) is 0 Å². The number of rotatable bonds is 3. The molecule has 0 saturated heterocycles. The maximum absolute atomic E-state index is 12.1. The van der Waals surface area contributed by atoms with Crippen molar-refractivity contribution in [3.05, 3.63) is 57.6 Å². The van der Waals surface area contributed by atoms with E-state index in [9.17, 15) is 8.42 Å². The summed E-state index contributed by atoms with van der Waals surface area (Å²) in [6.07, 6.45) is 0. The predicted molar refractivity (Wildman–Crippen MR) is 76.5 cm³/mol. The Morgan fingerprint density at radius 1 is 1.22 bits per heavy atom. The largest absolute Gasteiger partial charge is 0.219 e. The first-order valence-electron chi connectivity index (χ1n) is 5.22. The van der Waals surface area contributed by atoms with Crippen molar-refractivity contribution in [2.24, 2.45) is 0 Å². The van der Waals surface area contributed by atoms with Gasteiger partial charge in [-0.3, -0.25) is 0 Å². The summed E-state index contributed by atoms with van der Waals surface area (Å²) in [5.41, 5.74) is 1.02. The molecule has 0 aliphatic heterocycles. The number of hydrogen-bond acceptors (Lipinski definition) is 3. The Balaban J connectivity index is 2.38. The Morgan fingerprint density at radius 3 is 2.44 bits per heavy atom. The van der Waals surface area contributed by atoms with E-state index in [4.69, 9.17) is 11.6 Å². The highest BCUT2D eigenvalue weighted by atomic mass is 35.5. The lowest BCUT2D eigenvalue weighted by molar-refractivity contribution is 0.605. The Kier molecular flexibility index (Phi) is 3.90. The minimum atomic E-state index is -3.49. The van der Waals surface area contributed by atoms with Crippen LogP contribution >= 0.6 is 22.9 Å². The van der Waals surface area contributed by atoms with Crippen LogP contribution in [0.5, 0.6) is 0 Å². The van der Waals surface area contributed by atoms with Crippen molar-refractivity contribution in [1.29, 1.82) is 0 Å². The third-order valence-corrected chi connectivity index (χ3v) is 5.30. The zero-order valence-electron chi connectivity index (χ0n) is 9.63. The highest BCUT2D eigenvalue weighted by molar-refractivity contribution is 7.94. The van der Waals surface area contributed by atoms with Gasteiger partial charge in [-0.15, -0.1) is 11.3 Å². The molecule has 0 saturated carbocycles. The van der Waals surface area contributed by atoms with Gasteiger partial charge in [0.2, 0.25) is 9.84 Å². The fourth-order valence-electron chi connectivity index (χ4n) is 1.40. The normalized spacial score (nSPS) is 12.7. The summed E-state index contributed by atoms with van der Waals surface area (Å²) in [6, 6.07) is 10.3. The van der Waals surface area contributed by atoms with Crippen LogP contribution in [0, 0.1) is 6.92 Å². The van der Waals surface area contributed by atoms with Crippen LogP contribution in [-0.2, 0) is 9.84 Å². The van der Waals surface area contributed by atoms with Gasteiger partial charge in [0.15, 0.2) is 0 Å². The summed E-state index contributed by atoms with van der Waals surface area (Å²) >= 11 is 7.41. The standard InChI is InChI=1S/C13H11ClO2S2/c1-10-4-6-11(7-5-10)18(15,16)9-12(14)13-3-2-8-17-13/h2-9H,1H3/b12-9-. The average molecular weight is 299 g/mol. The molecule has 1 aromatic carbocycles. The minimum absolute atomic E-state index is 0.241. The van der Waals surface area contributed by atoms with Crippen LogP contribution < -0.4 is 0 Å². The molecule has 0 amide bonds. The smallest absolute Gasteiger partial charge is 0.201 e. The average Bonchev–Trinajstić information content (AvgIpc) is 2.82. The van der Waals surface area contributed by atoms with Crippen LogP contribution in [0.1, 0.15) is 10.4 Å². The highest BCUT2D eigenvalue weighted by Gasteiger charge is 2.13. The lowest BCUT2D eigenvalue weighted by Gasteiger charge is -2.01. The molecular weight excluding hydrogens is 288 g/mol. The van der Waals surface area contributed by atoms with Gasteiger partial charge in [0, 0.05) is 4.88 Å². The van der Waals surface area contributed by atoms with Gasteiger partial charge in [-0.25, -0.2) is 8.42 Å². The fourth-order valence-corrected chi connectivity index (χ4v) is 3.71. The van der Waals surface area contributed by atoms with Gasteiger partial charge in [0.05, 0.1) is 15.3 Å². The molecule has 0 radical (unpaired) electrons. The molecule has 2 aromatic rings. The SMILES string of the molecule is Cc1ccc(S(=O)(=O)/C=C(\Cl)c2cccs2)cc1. The monoisotopic (exact) mass is 298 g/mol. The fraction of sp³-hybridized carbons (Fsp3) is 0.0769. The number of hydrogen-bond donors (Lipinski definition) is 0. The van der Waals surface area contributed by atoms with Gasteiger partial charge in [-0.1, -0.05) is 35.4 Å². The van der Waals surface area contributed by atoms with Crippen molar-refractivity contribution < 1.29 is 8.42 Å². The molecule has 1 heterocycles. The zero-order valence-corrected chi connectivity index (χ0v) is 12.0. The summed E-state index contributed by atoms with van der Waals surface area (Å²) in [5, 5.41) is 3.19.